The number of thioether (sulfide) groups is 1. The van der Waals surface area contributed by atoms with Gasteiger partial charge in [-0.05, 0) is 24.5 Å². The lowest BCUT2D eigenvalue weighted by Gasteiger charge is -2.29. The van der Waals surface area contributed by atoms with Crippen molar-refractivity contribution in [3.05, 3.63) is 34.4 Å². The summed E-state index contributed by atoms with van der Waals surface area (Å²) < 4.78 is 5.44. The van der Waals surface area contributed by atoms with Crippen LogP contribution < -0.4 is 0 Å². The van der Waals surface area contributed by atoms with E-state index in [1.807, 2.05) is 0 Å². The number of carboxylic acid groups (broad SMARTS) is 1. The number of fused-ring (bicyclic) bond motifs is 1. The molecule has 0 unspecified atom stereocenters. The standard InChI is InChI=1S/C15H13NO6S/c17-14(18)10-9-5-8-11(10)15(19)22-12(8)13(9)23-7-3-1-6(2-4-7)16(20)21/h1-4,8-13H,5H2,(H,17,18)/t8-,9+,10+,11+,12+,13-/m0/s1. The Hall–Kier alpha value is -2.09. The van der Waals surface area contributed by atoms with Crippen LogP contribution in [-0.4, -0.2) is 33.3 Å². The van der Waals surface area contributed by atoms with Crippen LogP contribution in [0.5, 0.6) is 0 Å². The highest BCUT2D eigenvalue weighted by Gasteiger charge is 2.68. The predicted molar refractivity (Wildman–Crippen MR) is 78.8 cm³/mol. The Bertz CT molecular complexity index is 704. The maximum Gasteiger partial charge on any atom is 0.310 e. The van der Waals surface area contributed by atoms with Crippen LogP contribution in [0, 0.1) is 33.8 Å². The fraction of sp³-hybridized carbons (Fsp3) is 0.467. The van der Waals surface area contributed by atoms with Crippen LogP contribution in [0.1, 0.15) is 6.42 Å². The van der Waals surface area contributed by atoms with E-state index in [9.17, 15) is 24.8 Å². The van der Waals surface area contributed by atoms with Gasteiger partial charge in [0, 0.05) is 22.9 Å². The molecule has 0 radical (unpaired) electrons. The van der Waals surface area contributed by atoms with Gasteiger partial charge in [-0.2, -0.15) is 0 Å². The molecule has 120 valence electrons. The van der Waals surface area contributed by atoms with Gasteiger partial charge in [-0.3, -0.25) is 19.7 Å². The molecule has 23 heavy (non-hydrogen) atoms. The van der Waals surface area contributed by atoms with E-state index in [2.05, 4.69) is 0 Å². The summed E-state index contributed by atoms with van der Waals surface area (Å²) in [6, 6.07) is 6.15. The summed E-state index contributed by atoms with van der Waals surface area (Å²) in [7, 11) is 0. The number of nitro benzene ring substituents is 1. The number of hydrogen-bond donors (Lipinski definition) is 1. The third-order valence-corrected chi connectivity index (χ3v) is 6.59. The number of rotatable bonds is 4. The first-order chi connectivity index (χ1) is 11.0. The third-order valence-electron chi connectivity index (χ3n) is 5.15. The lowest BCUT2D eigenvalue weighted by molar-refractivity contribution is -0.384. The first-order valence-corrected chi connectivity index (χ1v) is 8.20. The number of aliphatic carboxylic acids is 1. The molecule has 2 bridgehead atoms. The Balaban J connectivity index is 1.59. The number of ether oxygens (including phenoxy) is 1. The molecule has 7 nitrogen and oxygen atoms in total. The highest BCUT2D eigenvalue weighted by Crippen LogP contribution is 2.61. The lowest BCUT2D eigenvalue weighted by Crippen LogP contribution is -2.39. The van der Waals surface area contributed by atoms with E-state index in [0.29, 0.717) is 6.42 Å². The highest BCUT2D eigenvalue weighted by molar-refractivity contribution is 8.00. The van der Waals surface area contributed by atoms with Crippen LogP contribution in [0.3, 0.4) is 0 Å². The van der Waals surface area contributed by atoms with Crippen LogP contribution in [0.25, 0.3) is 0 Å². The monoisotopic (exact) mass is 335 g/mol. The summed E-state index contributed by atoms with van der Waals surface area (Å²) in [6.45, 7) is 0. The van der Waals surface area contributed by atoms with Gasteiger partial charge in [-0.25, -0.2) is 0 Å². The van der Waals surface area contributed by atoms with Crippen molar-refractivity contribution in [2.75, 3.05) is 0 Å². The molecule has 1 saturated heterocycles. The number of carbonyl (C=O) groups excluding carboxylic acids is 1. The van der Waals surface area contributed by atoms with Crippen LogP contribution in [0.2, 0.25) is 0 Å². The van der Waals surface area contributed by atoms with Gasteiger partial charge in [-0.15, -0.1) is 11.8 Å². The van der Waals surface area contributed by atoms with Crippen LogP contribution in [0.15, 0.2) is 29.2 Å². The van der Waals surface area contributed by atoms with Gasteiger partial charge < -0.3 is 9.84 Å². The van der Waals surface area contributed by atoms with Crippen molar-refractivity contribution in [1.82, 2.24) is 0 Å². The fourth-order valence-electron chi connectivity index (χ4n) is 4.29. The van der Waals surface area contributed by atoms with E-state index in [0.717, 1.165) is 4.90 Å². The van der Waals surface area contributed by atoms with Crippen molar-refractivity contribution in [2.24, 2.45) is 23.7 Å². The molecule has 3 fully saturated rings. The average molecular weight is 335 g/mol. The Morgan fingerprint density at radius 2 is 2.00 bits per heavy atom. The van der Waals surface area contributed by atoms with Crippen molar-refractivity contribution < 1.29 is 24.4 Å². The number of nitro groups is 1. The molecule has 2 saturated carbocycles. The number of carboxylic acids is 1. The molecule has 0 spiro atoms. The second-order valence-corrected chi connectivity index (χ2v) is 7.44. The highest BCUT2D eigenvalue weighted by atomic mass is 32.2. The predicted octanol–water partition coefficient (Wildman–Crippen LogP) is 1.95. The molecule has 1 aromatic rings. The summed E-state index contributed by atoms with van der Waals surface area (Å²) >= 11 is 1.45. The maximum atomic E-state index is 12.0. The van der Waals surface area contributed by atoms with Crippen molar-refractivity contribution >= 4 is 29.4 Å². The largest absolute Gasteiger partial charge is 0.481 e. The van der Waals surface area contributed by atoms with Gasteiger partial charge in [0.2, 0.25) is 0 Å². The molecular formula is C15H13NO6S. The second-order valence-electron chi connectivity index (χ2n) is 6.19. The van der Waals surface area contributed by atoms with E-state index in [4.69, 9.17) is 4.74 Å². The molecule has 1 heterocycles. The summed E-state index contributed by atoms with van der Waals surface area (Å²) in [5.74, 6) is -2.61. The summed E-state index contributed by atoms with van der Waals surface area (Å²) in [5.41, 5.74) is 0.0121. The number of non-ortho nitro benzene ring substituents is 1. The zero-order valence-corrected chi connectivity index (χ0v) is 12.6. The summed E-state index contributed by atoms with van der Waals surface area (Å²) in [4.78, 5) is 34.6. The summed E-state index contributed by atoms with van der Waals surface area (Å²) in [5, 5.41) is 20.1. The second kappa shape index (κ2) is 4.95. The Kier molecular flexibility index (Phi) is 3.12. The van der Waals surface area contributed by atoms with E-state index < -0.39 is 22.7 Å². The lowest BCUT2D eigenvalue weighted by atomic mass is 9.80. The van der Waals surface area contributed by atoms with Gasteiger partial charge in [0.1, 0.15) is 6.10 Å². The Morgan fingerprint density at radius 3 is 2.61 bits per heavy atom. The zero-order chi connectivity index (χ0) is 16.3. The van der Waals surface area contributed by atoms with Crippen LogP contribution in [0.4, 0.5) is 5.69 Å². The van der Waals surface area contributed by atoms with Gasteiger partial charge in [-0.1, -0.05) is 0 Å². The molecule has 0 amide bonds. The molecule has 1 aromatic carbocycles. The molecule has 0 aromatic heterocycles. The smallest absolute Gasteiger partial charge is 0.310 e. The van der Waals surface area contributed by atoms with Crippen LogP contribution >= 0.6 is 11.8 Å². The first kappa shape index (κ1) is 14.5. The van der Waals surface area contributed by atoms with E-state index >= 15 is 0 Å². The number of esters is 1. The van der Waals surface area contributed by atoms with Crippen LogP contribution in [-0.2, 0) is 14.3 Å². The van der Waals surface area contributed by atoms with Crippen molar-refractivity contribution in [2.45, 2.75) is 22.7 Å². The topological polar surface area (TPSA) is 107 Å². The SMILES string of the molecule is O=C1O[C@@H]2[C@H]3C[C@@H]([C@@H]2Sc2ccc([N+](=O)[O-])cc2)[C@@H](C(=O)O)[C@H]13. The average Bonchev–Trinajstić information content (AvgIpc) is 3.11. The zero-order valence-electron chi connectivity index (χ0n) is 11.8. The molecule has 4 rings (SSSR count). The quantitative estimate of drug-likeness (QED) is 0.509. The summed E-state index contributed by atoms with van der Waals surface area (Å²) in [6.07, 6.45) is 0.455. The molecule has 1 N–H and O–H groups in total. The Morgan fingerprint density at radius 1 is 1.30 bits per heavy atom. The number of hydrogen-bond acceptors (Lipinski definition) is 6. The first-order valence-electron chi connectivity index (χ1n) is 7.32. The third kappa shape index (κ3) is 2.04. The maximum absolute atomic E-state index is 12.0. The number of benzene rings is 1. The van der Waals surface area contributed by atoms with Crippen molar-refractivity contribution in [3.8, 4) is 0 Å². The molecule has 2 aliphatic carbocycles. The van der Waals surface area contributed by atoms with E-state index in [1.54, 1.807) is 12.1 Å². The van der Waals surface area contributed by atoms with Gasteiger partial charge >= 0.3 is 11.9 Å². The van der Waals surface area contributed by atoms with Gasteiger partial charge in [0.25, 0.3) is 5.69 Å². The van der Waals surface area contributed by atoms with Gasteiger partial charge in [0.15, 0.2) is 0 Å². The van der Waals surface area contributed by atoms with E-state index in [-0.39, 0.29) is 34.8 Å². The van der Waals surface area contributed by atoms with Gasteiger partial charge in [0.05, 0.1) is 22.0 Å². The molecule has 3 aliphatic rings. The molecule has 6 atom stereocenters. The minimum absolute atomic E-state index is 0.0100. The minimum atomic E-state index is -0.936. The normalized spacial score (nSPS) is 37.0. The van der Waals surface area contributed by atoms with Crippen molar-refractivity contribution in [1.29, 1.82) is 0 Å². The molecular weight excluding hydrogens is 322 g/mol. The molecule has 8 heteroatoms. The van der Waals surface area contributed by atoms with Crippen molar-refractivity contribution in [3.63, 3.8) is 0 Å². The minimum Gasteiger partial charge on any atom is -0.481 e. The Labute approximate surface area is 135 Å². The fourth-order valence-corrected chi connectivity index (χ4v) is 5.74. The number of nitrogens with zero attached hydrogens (tertiary/aromatic N) is 1. The number of carbonyl (C=O) groups is 2. The molecule has 1 aliphatic heterocycles. The van der Waals surface area contributed by atoms with E-state index in [1.165, 1.54) is 23.9 Å².